The van der Waals surface area contributed by atoms with Crippen LogP contribution in [0.5, 0.6) is 0 Å². The number of nitriles is 1. The molecule has 0 spiro atoms. The van der Waals surface area contributed by atoms with Crippen molar-refractivity contribution in [3.05, 3.63) is 28.8 Å². The Balaban J connectivity index is 1.75. The molecule has 1 aromatic carbocycles. The molecule has 5 heteroatoms. The topological polar surface area (TPSA) is 64.9 Å². The van der Waals surface area contributed by atoms with E-state index in [9.17, 15) is 4.79 Å². The van der Waals surface area contributed by atoms with E-state index in [1.807, 2.05) is 6.07 Å². The van der Waals surface area contributed by atoms with Crippen molar-refractivity contribution in [3.63, 3.8) is 0 Å². The van der Waals surface area contributed by atoms with Gasteiger partial charge in [-0.15, -0.1) is 0 Å². The summed E-state index contributed by atoms with van der Waals surface area (Å²) in [6.45, 7) is 0.925. The van der Waals surface area contributed by atoms with E-state index in [1.54, 1.807) is 18.2 Å². The summed E-state index contributed by atoms with van der Waals surface area (Å²) in [7, 11) is 0. The molecule has 3 rings (SSSR count). The number of benzene rings is 1. The van der Waals surface area contributed by atoms with Gasteiger partial charge in [-0.25, -0.2) is 0 Å². The third-order valence-corrected chi connectivity index (χ3v) is 4.71. The summed E-state index contributed by atoms with van der Waals surface area (Å²) < 4.78 is 0. The third-order valence-electron chi connectivity index (χ3n) is 4.38. The lowest BCUT2D eigenvalue weighted by Gasteiger charge is -2.18. The molecule has 1 saturated heterocycles. The van der Waals surface area contributed by atoms with Gasteiger partial charge in [-0.05, 0) is 49.4 Å². The van der Waals surface area contributed by atoms with Crippen LogP contribution in [0.15, 0.2) is 18.2 Å². The van der Waals surface area contributed by atoms with Crippen LogP contribution >= 0.6 is 11.6 Å². The smallest absolute Gasteiger partial charge is 0.241 e. The van der Waals surface area contributed by atoms with E-state index in [4.69, 9.17) is 16.9 Å². The molecule has 1 heterocycles. The fourth-order valence-electron chi connectivity index (χ4n) is 3.38. The minimum Gasteiger partial charge on any atom is -0.323 e. The van der Waals surface area contributed by atoms with Gasteiger partial charge in [0.15, 0.2) is 0 Å². The second kappa shape index (κ2) is 5.43. The van der Waals surface area contributed by atoms with E-state index < -0.39 is 0 Å². The first-order valence-corrected chi connectivity index (χ1v) is 7.31. The van der Waals surface area contributed by atoms with Crippen LogP contribution in [-0.2, 0) is 4.79 Å². The normalized spacial score (nSPS) is 27.9. The van der Waals surface area contributed by atoms with Gasteiger partial charge >= 0.3 is 0 Å². The van der Waals surface area contributed by atoms with Crippen molar-refractivity contribution in [2.45, 2.75) is 25.3 Å². The summed E-state index contributed by atoms with van der Waals surface area (Å²) in [6, 6.07) is 6.80. The lowest BCUT2D eigenvalue weighted by Crippen LogP contribution is -2.39. The number of anilines is 1. The Morgan fingerprint density at radius 3 is 3.10 bits per heavy atom. The summed E-state index contributed by atoms with van der Waals surface area (Å²) in [6.07, 6.45) is 3.54. The van der Waals surface area contributed by atoms with E-state index in [2.05, 4.69) is 10.6 Å². The summed E-state index contributed by atoms with van der Waals surface area (Å²) in [5.74, 6) is 1.02. The number of nitrogens with one attached hydrogen (secondary N) is 2. The molecule has 1 aromatic rings. The van der Waals surface area contributed by atoms with Crippen LogP contribution in [0.2, 0.25) is 5.02 Å². The molecule has 2 N–H and O–H groups in total. The number of rotatable bonds is 2. The molecule has 3 atom stereocenters. The highest BCUT2D eigenvalue weighted by molar-refractivity contribution is 6.33. The molecule has 0 bridgehead atoms. The maximum Gasteiger partial charge on any atom is 0.241 e. The quantitative estimate of drug-likeness (QED) is 0.879. The van der Waals surface area contributed by atoms with Crippen LogP contribution in [0.25, 0.3) is 0 Å². The van der Waals surface area contributed by atoms with Gasteiger partial charge in [0.1, 0.15) is 0 Å². The first-order chi connectivity index (χ1) is 9.69. The molecular weight excluding hydrogens is 274 g/mol. The van der Waals surface area contributed by atoms with Crippen LogP contribution in [-0.4, -0.2) is 18.5 Å². The summed E-state index contributed by atoms with van der Waals surface area (Å²) in [5, 5.41) is 15.5. The maximum absolute atomic E-state index is 12.4. The number of hydrogen-bond acceptors (Lipinski definition) is 3. The Morgan fingerprint density at radius 2 is 2.30 bits per heavy atom. The lowest BCUT2D eigenvalue weighted by molar-refractivity contribution is -0.118. The van der Waals surface area contributed by atoms with Gasteiger partial charge in [-0.2, -0.15) is 5.26 Å². The van der Waals surface area contributed by atoms with E-state index in [0.29, 0.717) is 28.1 Å². The van der Waals surface area contributed by atoms with Crippen molar-refractivity contribution >= 4 is 23.2 Å². The average Bonchev–Trinajstić information content (AvgIpc) is 3.03. The molecule has 0 aromatic heterocycles. The second-order valence-electron chi connectivity index (χ2n) is 5.54. The van der Waals surface area contributed by atoms with Crippen LogP contribution in [0.1, 0.15) is 24.8 Å². The molecule has 3 unspecified atom stereocenters. The number of carbonyl (C=O) groups is 1. The largest absolute Gasteiger partial charge is 0.323 e. The molecule has 2 fully saturated rings. The van der Waals surface area contributed by atoms with Gasteiger partial charge in [0, 0.05) is 0 Å². The van der Waals surface area contributed by atoms with Crippen LogP contribution in [0.4, 0.5) is 5.69 Å². The Kier molecular flexibility index (Phi) is 3.64. The van der Waals surface area contributed by atoms with Gasteiger partial charge in [-0.1, -0.05) is 18.0 Å². The highest BCUT2D eigenvalue weighted by atomic mass is 35.5. The number of hydrogen-bond donors (Lipinski definition) is 2. The van der Waals surface area contributed by atoms with Crippen molar-refractivity contribution in [3.8, 4) is 6.07 Å². The van der Waals surface area contributed by atoms with Crippen LogP contribution < -0.4 is 10.6 Å². The zero-order chi connectivity index (χ0) is 14.1. The van der Waals surface area contributed by atoms with Crippen LogP contribution in [0, 0.1) is 23.2 Å². The standard InChI is InChI=1S/C15H16ClN3O/c16-12-5-4-9(7-17)6-13(12)19-15(20)14-11-3-1-2-10(11)8-18-14/h4-6,10-11,14,18H,1-3,8H2,(H,19,20). The Labute approximate surface area is 123 Å². The maximum atomic E-state index is 12.4. The van der Waals surface area contributed by atoms with Crippen molar-refractivity contribution < 1.29 is 4.79 Å². The zero-order valence-electron chi connectivity index (χ0n) is 11.0. The molecule has 0 radical (unpaired) electrons. The molecule has 1 aliphatic heterocycles. The second-order valence-corrected chi connectivity index (χ2v) is 5.94. The van der Waals surface area contributed by atoms with E-state index >= 15 is 0 Å². The summed E-state index contributed by atoms with van der Waals surface area (Å²) in [5.41, 5.74) is 1.00. The minimum atomic E-state index is -0.135. The average molecular weight is 290 g/mol. The van der Waals surface area contributed by atoms with E-state index in [-0.39, 0.29) is 11.9 Å². The van der Waals surface area contributed by atoms with E-state index in [0.717, 1.165) is 13.0 Å². The molecule has 1 saturated carbocycles. The molecular formula is C15H16ClN3O. The van der Waals surface area contributed by atoms with Crippen molar-refractivity contribution in [1.29, 1.82) is 5.26 Å². The molecule has 2 aliphatic rings. The Hall–Kier alpha value is -1.57. The fraction of sp³-hybridized carbons (Fsp3) is 0.467. The number of halogens is 1. The van der Waals surface area contributed by atoms with Gasteiger partial charge < -0.3 is 10.6 Å². The highest BCUT2D eigenvalue weighted by Gasteiger charge is 2.42. The minimum absolute atomic E-state index is 0.0450. The Morgan fingerprint density at radius 1 is 1.45 bits per heavy atom. The summed E-state index contributed by atoms with van der Waals surface area (Å²) in [4.78, 5) is 12.4. The number of nitrogens with zero attached hydrogens (tertiary/aromatic N) is 1. The first kappa shape index (κ1) is 13.4. The number of carbonyl (C=O) groups excluding carboxylic acids is 1. The van der Waals surface area contributed by atoms with Gasteiger partial charge in [-0.3, -0.25) is 4.79 Å². The predicted molar refractivity (Wildman–Crippen MR) is 77.4 cm³/mol. The van der Waals surface area contributed by atoms with Gasteiger partial charge in [0.25, 0.3) is 0 Å². The highest BCUT2D eigenvalue weighted by Crippen LogP contribution is 2.38. The van der Waals surface area contributed by atoms with Crippen LogP contribution in [0.3, 0.4) is 0 Å². The Bertz CT molecular complexity index is 581. The molecule has 104 valence electrons. The fourth-order valence-corrected chi connectivity index (χ4v) is 3.54. The zero-order valence-corrected chi connectivity index (χ0v) is 11.8. The molecule has 1 aliphatic carbocycles. The van der Waals surface area contributed by atoms with Crippen molar-refractivity contribution in [1.82, 2.24) is 5.32 Å². The SMILES string of the molecule is N#Cc1ccc(Cl)c(NC(=O)C2NCC3CCCC32)c1. The van der Waals surface area contributed by atoms with Gasteiger partial charge in [0.05, 0.1) is 28.4 Å². The summed E-state index contributed by atoms with van der Waals surface area (Å²) >= 11 is 6.07. The number of fused-ring (bicyclic) bond motifs is 1. The number of amides is 1. The monoisotopic (exact) mass is 289 g/mol. The first-order valence-electron chi connectivity index (χ1n) is 6.93. The molecule has 1 amide bonds. The van der Waals surface area contributed by atoms with Crippen molar-refractivity contribution in [2.75, 3.05) is 11.9 Å². The molecule has 4 nitrogen and oxygen atoms in total. The third kappa shape index (κ3) is 2.39. The lowest BCUT2D eigenvalue weighted by atomic mass is 9.93. The molecule has 20 heavy (non-hydrogen) atoms. The van der Waals surface area contributed by atoms with E-state index in [1.165, 1.54) is 12.8 Å². The van der Waals surface area contributed by atoms with Gasteiger partial charge in [0.2, 0.25) is 5.91 Å². The van der Waals surface area contributed by atoms with Crippen molar-refractivity contribution in [2.24, 2.45) is 11.8 Å². The predicted octanol–water partition coefficient (Wildman–Crippen LogP) is 2.54.